The average Bonchev–Trinajstić information content (AvgIpc) is 2.99. The van der Waals surface area contributed by atoms with Crippen LogP contribution in [0.25, 0.3) is 0 Å². The molecule has 564 valence electrons. The minimum Gasteiger partial charge on any atom is -0.343 e. The summed E-state index contributed by atoms with van der Waals surface area (Å²) in [6.07, 6.45) is 78.4. The van der Waals surface area contributed by atoms with Gasteiger partial charge in [-0.1, -0.05) is 378 Å². The average molecular weight is 1330 g/mol. The summed E-state index contributed by atoms with van der Waals surface area (Å²) in [6.45, 7) is 34.2. The summed E-state index contributed by atoms with van der Waals surface area (Å²) in [5.74, 6) is 1.56. The molecule has 0 saturated carbocycles. The Hall–Kier alpha value is -2.12. The van der Waals surface area contributed by atoms with Gasteiger partial charge in [0.2, 0.25) is 23.6 Å². The minimum atomic E-state index is 0.368. The first-order chi connectivity index (χ1) is 46.0. The molecule has 8 heteroatoms. The molecule has 0 bridgehead atoms. The molecule has 0 aromatic rings. The van der Waals surface area contributed by atoms with Crippen molar-refractivity contribution in [1.82, 2.24) is 19.6 Å². The van der Waals surface area contributed by atoms with Crippen LogP contribution in [0.1, 0.15) is 481 Å². The lowest BCUT2D eigenvalue weighted by molar-refractivity contribution is -0.132. The maximum Gasteiger partial charge on any atom is 0.222 e. The van der Waals surface area contributed by atoms with Gasteiger partial charge >= 0.3 is 0 Å². The molecule has 0 aromatic carbocycles. The molecule has 0 saturated heterocycles. The van der Waals surface area contributed by atoms with Crippen LogP contribution < -0.4 is 0 Å². The molecular formula is C86H176N4O4. The number of unbranched alkanes of at least 4 members (excludes halogenated alkanes) is 46. The Morgan fingerprint density at radius 1 is 0.138 bits per heavy atom. The molecule has 8 nitrogen and oxygen atoms in total. The van der Waals surface area contributed by atoms with E-state index in [4.69, 9.17) is 0 Å². The maximum atomic E-state index is 12.4. The van der Waals surface area contributed by atoms with Gasteiger partial charge in [-0.15, -0.1) is 0 Å². The second kappa shape index (κ2) is 87.0. The van der Waals surface area contributed by atoms with Gasteiger partial charge in [0.25, 0.3) is 0 Å². The third-order valence-electron chi connectivity index (χ3n) is 19.1. The lowest BCUT2D eigenvalue weighted by atomic mass is 10.0. The molecule has 0 spiro atoms. The highest BCUT2D eigenvalue weighted by Crippen LogP contribution is 2.18. The fraction of sp³-hybridized carbons (Fsp3) is 0.953. The molecular weight excluding hydrogens is 1150 g/mol. The normalized spacial score (nSPS) is 10.9. The number of rotatable bonds is 70. The van der Waals surface area contributed by atoms with Gasteiger partial charge in [0.05, 0.1) is 0 Å². The zero-order valence-corrected chi connectivity index (χ0v) is 66.9. The molecule has 0 unspecified atom stereocenters. The van der Waals surface area contributed by atoms with Crippen LogP contribution in [0.5, 0.6) is 0 Å². The Labute approximate surface area is 592 Å². The highest BCUT2D eigenvalue weighted by Gasteiger charge is 2.15. The van der Waals surface area contributed by atoms with Crippen LogP contribution in [0.4, 0.5) is 0 Å². The smallest absolute Gasteiger partial charge is 0.222 e. The van der Waals surface area contributed by atoms with Gasteiger partial charge in [0.15, 0.2) is 0 Å². The number of carbonyl (C=O) groups excluding carboxylic acids is 4. The van der Waals surface area contributed by atoms with Crippen LogP contribution in [0.15, 0.2) is 0 Å². The molecule has 0 aliphatic carbocycles. The number of hydrogen-bond acceptors (Lipinski definition) is 4. The highest BCUT2D eigenvalue weighted by atomic mass is 16.2. The summed E-state index contributed by atoms with van der Waals surface area (Å²) in [5.41, 5.74) is 0. The predicted molar refractivity (Wildman–Crippen MR) is 421 cm³/mol. The first kappa shape index (κ1) is 98.3. The van der Waals surface area contributed by atoms with Crippen LogP contribution in [-0.4, -0.2) is 95.6 Å². The summed E-state index contributed by atoms with van der Waals surface area (Å²) < 4.78 is 0. The van der Waals surface area contributed by atoms with E-state index in [-0.39, 0.29) is 0 Å². The second-order valence-corrected chi connectivity index (χ2v) is 28.8. The van der Waals surface area contributed by atoms with Gasteiger partial charge in [0, 0.05) is 78.0 Å². The Kier molecular flexibility index (Phi) is 90.9. The zero-order chi connectivity index (χ0) is 70.1. The molecule has 0 aliphatic heterocycles. The minimum absolute atomic E-state index is 0.368. The Morgan fingerprint density at radius 3 is 0.383 bits per heavy atom. The largest absolute Gasteiger partial charge is 0.343 e. The Balaban J connectivity index is -0.000000581. The lowest BCUT2D eigenvalue weighted by Crippen LogP contribution is -2.32. The van der Waals surface area contributed by atoms with Crippen LogP contribution in [0.3, 0.4) is 0 Å². The first-order valence-corrected chi connectivity index (χ1v) is 43.1. The van der Waals surface area contributed by atoms with Crippen molar-refractivity contribution in [3.63, 3.8) is 0 Å². The van der Waals surface area contributed by atoms with E-state index in [1.54, 1.807) is 0 Å². The monoisotopic (exact) mass is 1330 g/mol. The van der Waals surface area contributed by atoms with E-state index >= 15 is 0 Å². The molecule has 0 N–H and O–H groups in total. The number of nitrogens with zero attached hydrogens (tertiary/aromatic N) is 4. The summed E-state index contributed by atoms with van der Waals surface area (Å²) in [5, 5.41) is 0. The van der Waals surface area contributed by atoms with E-state index in [0.717, 1.165) is 155 Å². The first-order valence-electron chi connectivity index (χ1n) is 43.1. The van der Waals surface area contributed by atoms with Crippen molar-refractivity contribution in [3.8, 4) is 0 Å². The van der Waals surface area contributed by atoms with Gasteiger partial charge in [-0.05, 0) is 77.0 Å². The van der Waals surface area contributed by atoms with Crippen molar-refractivity contribution < 1.29 is 19.2 Å². The highest BCUT2D eigenvalue weighted by molar-refractivity contribution is 5.77. The number of amides is 4. The van der Waals surface area contributed by atoms with Crippen molar-refractivity contribution in [1.29, 1.82) is 0 Å². The summed E-state index contributed by atoms with van der Waals surface area (Å²) in [6, 6.07) is 0. The number of carbonyl (C=O) groups is 4. The standard InChI is InChI=1S/C26H53NO.C24H49NO.C20H41NO.C16H33NO/c1-4-7-10-11-12-13-14-15-16-17-18-19-20-21-22-23-26(28)27(24-8-5-2)25-9-6-3;1-4-7-10-11-12-13-14-15-16-17-18-19-20-21-24(26)25(22-8-5-2)23-9-6-3;1-4-7-10-11-12-13-14-15-16-17-20(22)21(18-8-5-2)19-9-6-3;1-4-7-8-9-10-11-12-13-16(18)17(14-5-2)15-6-3/h4-25H2,1-3H3;4-23H2,1-3H3;4-19H2,1-3H3;4-15H2,1-3H3. The van der Waals surface area contributed by atoms with E-state index in [2.05, 4.69) is 97.8 Å². The van der Waals surface area contributed by atoms with E-state index in [0.29, 0.717) is 23.6 Å². The van der Waals surface area contributed by atoms with Crippen LogP contribution >= 0.6 is 0 Å². The summed E-state index contributed by atoms with van der Waals surface area (Å²) in [7, 11) is 0. The molecule has 4 amide bonds. The van der Waals surface area contributed by atoms with Crippen molar-refractivity contribution in [3.05, 3.63) is 0 Å². The summed E-state index contributed by atoms with van der Waals surface area (Å²) in [4.78, 5) is 57.5. The molecule has 0 fully saturated rings. The van der Waals surface area contributed by atoms with Crippen LogP contribution in [0.2, 0.25) is 0 Å². The lowest BCUT2D eigenvalue weighted by Gasteiger charge is -2.22. The molecule has 0 heterocycles. The van der Waals surface area contributed by atoms with Crippen molar-refractivity contribution in [2.45, 2.75) is 481 Å². The number of hydrogen-bond donors (Lipinski definition) is 0. The van der Waals surface area contributed by atoms with Gasteiger partial charge < -0.3 is 19.6 Å². The second-order valence-electron chi connectivity index (χ2n) is 28.8. The van der Waals surface area contributed by atoms with E-state index < -0.39 is 0 Å². The fourth-order valence-corrected chi connectivity index (χ4v) is 12.5. The van der Waals surface area contributed by atoms with Crippen molar-refractivity contribution in [2.75, 3.05) is 52.4 Å². The third kappa shape index (κ3) is 77.2. The maximum absolute atomic E-state index is 12.4. The van der Waals surface area contributed by atoms with E-state index in [1.807, 2.05) is 4.90 Å². The molecule has 94 heavy (non-hydrogen) atoms. The fourth-order valence-electron chi connectivity index (χ4n) is 12.5. The molecule has 0 rings (SSSR count). The van der Waals surface area contributed by atoms with Gasteiger partial charge in [0.1, 0.15) is 0 Å². The van der Waals surface area contributed by atoms with E-state index in [1.165, 1.54) is 295 Å². The van der Waals surface area contributed by atoms with E-state index in [9.17, 15) is 19.2 Å². The third-order valence-corrected chi connectivity index (χ3v) is 19.1. The van der Waals surface area contributed by atoms with Crippen molar-refractivity contribution >= 4 is 23.6 Å². The van der Waals surface area contributed by atoms with Crippen LogP contribution in [-0.2, 0) is 19.2 Å². The topological polar surface area (TPSA) is 81.2 Å². The molecule has 0 radical (unpaired) electrons. The van der Waals surface area contributed by atoms with Crippen LogP contribution in [0, 0.1) is 0 Å². The van der Waals surface area contributed by atoms with Gasteiger partial charge in [-0.2, -0.15) is 0 Å². The molecule has 0 aromatic heterocycles. The zero-order valence-electron chi connectivity index (χ0n) is 66.9. The van der Waals surface area contributed by atoms with Gasteiger partial charge in [-0.3, -0.25) is 19.2 Å². The quantitative estimate of drug-likeness (QED) is 0.0568. The predicted octanol–water partition coefficient (Wildman–Crippen LogP) is 27.7. The molecule has 0 atom stereocenters. The Bertz CT molecular complexity index is 1430. The van der Waals surface area contributed by atoms with Crippen molar-refractivity contribution in [2.24, 2.45) is 0 Å². The SMILES string of the molecule is CCCCCCCCCC(=O)N(CCC)CCC.CCCCCCCCCCCC(=O)N(CCCC)CCCC.CCCCCCCCCCCCCCCC(=O)N(CCCC)CCCC.CCCCCCCCCCCCCCCCCC(=O)N(CCCC)CCCC. The van der Waals surface area contributed by atoms with Gasteiger partial charge in [-0.25, -0.2) is 0 Å². The molecule has 0 aliphatic rings. The summed E-state index contributed by atoms with van der Waals surface area (Å²) >= 11 is 0. The Morgan fingerprint density at radius 2 is 0.255 bits per heavy atom.